The highest BCUT2D eigenvalue weighted by Crippen LogP contribution is 2.31. The van der Waals surface area contributed by atoms with E-state index in [1.165, 1.54) is 6.07 Å². The molecule has 4 aromatic rings. The number of hydrogen-bond acceptors (Lipinski definition) is 3. The second-order valence-corrected chi connectivity index (χ2v) is 9.00. The van der Waals surface area contributed by atoms with Crippen molar-refractivity contribution in [2.24, 2.45) is 0 Å². The number of rotatable bonds is 5. The third kappa shape index (κ3) is 4.52. The van der Waals surface area contributed by atoms with Crippen LogP contribution in [-0.2, 0) is 6.54 Å². The molecule has 0 bridgehead atoms. The largest absolute Gasteiger partial charge is 0.304 e. The van der Waals surface area contributed by atoms with Crippen LogP contribution in [0.1, 0.15) is 11.1 Å². The summed E-state index contributed by atoms with van der Waals surface area (Å²) in [6, 6.07) is 19.9. The molecule has 0 unspecified atom stereocenters. The molecule has 1 aliphatic rings. The lowest BCUT2D eigenvalue weighted by Gasteiger charge is -2.32. The Bertz CT molecular complexity index is 1290. The van der Waals surface area contributed by atoms with Gasteiger partial charge in [0.2, 0.25) is 0 Å². The SMILES string of the molecule is Cc1ccc(-c2ccc(-n3ncc(CN4CCN(C)CC4)c3-c3ccccc3F)cc2)cc1F. The Balaban J connectivity index is 1.51. The van der Waals surface area contributed by atoms with Crippen molar-refractivity contribution in [1.82, 2.24) is 19.6 Å². The average Bonchev–Trinajstić information content (AvgIpc) is 3.26. The summed E-state index contributed by atoms with van der Waals surface area (Å²) >= 11 is 0. The predicted octanol–water partition coefficient (Wildman–Crippen LogP) is 5.54. The summed E-state index contributed by atoms with van der Waals surface area (Å²) in [6.45, 7) is 6.46. The highest BCUT2D eigenvalue weighted by Gasteiger charge is 2.21. The molecule has 0 N–H and O–H groups in total. The monoisotopic (exact) mass is 458 g/mol. The van der Waals surface area contributed by atoms with Crippen molar-refractivity contribution in [3.63, 3.8) is 0 Å². The molecule has 4 nitrogen and oxygen atoms in total. The highest BCUT2D eigenvalue weighted by molar-refractivity contribution is 5.69. The van der Waals surface area contributed by atoms with Crippen LogP contribution in [0.15, 0.2) is 72.9 Å². The van der Waals surface area contributed by atoms with E-state index < -0.39 is 0 Å². The van der Waals surface area contributed by atoms with Gasteiger partial charge in [-0.15, -0.1) is 0 Å². The number of piperazine rings is 1. The lowest BCUT2D eigenvalue weighted by molar-refractivity contribution is 0.148. The second kappa shape index (κ2) is 9.49. The van der Waals surface area contributed by atoms with E-state index in [1.54, 1.807) is 31.2 Å². The Morgan fingerprint density at radius 3 is 2.24 bits per heavy atom. The maximum absolute atomic E-state index is 14.9. The lowest BCUT2D eigenvalue weighted by atomic mass is 10.0. The Kier molecular flexibility index (Phi) is 6.26. The molecule has 0 radical (unpaired) electrons. The zero-order chi connectivity index (χ0) is 23.7. The number of likely N-dealkylation sites (N-methyl/N-ethyl adjacent to an activating group) is 1. The molecule has 174 valence electrons. The summed E-state index contributed by atoms with van der Waals surface area (Å²) < 4.78 is 30.8. The van der Waals surface area contributed by atoms with Gasteiger partial charge in [-0.25, -0.2) is 13.5 Å². The quantitative estimate of drug-likeness (QED) is 0.392. The standard InChI is InChI=1S/C28H28F2N4/c1-20-7-8-22(17-27(20)30)21-9-11-24(12-10-21)34-28(25-5-3-4-6-26(25)29)23(18-31-34)19-33-15-13-32(2)14-16-33/h3-12,17-18H,13-16,19H2,1-2H3. The molecule has 0 spiro atoms. The Labute approximate surface area is 199 Å². The number of aromatic nitrogens is 2. The molecule has 1 aromatic heterocycles. The van der Waals surface area contributed by atoms with Gasteiger partial charge in [-0.3, -0.25) is 4.90 Å². The van der Waals surface area contributed by atoms with Gasteiger partial charge in [0, 0.05) is 43.9 Å². The molecule has 2 heterocycles. The molecule has 6 heteroatoms. The summed E-state index contributed by atoms with van der Waals surface area (Å²) in [5.41, 5.74) is 5.50. The molecule has 0 amide bonds. The zero-order valence-corrected chi connectivity index (χ0v) is 19.5. The third-order valence-corrected chi connectivity index (χ3v) is 6.58. The normalized spacial score (nSPS) is 15.1. The summed E-state index contributed by atoms with van der Waals surface area (Å²) in [5, 5.41) is 4.67. The van der Waals surface area contributed by atoms with Crippen LogP contribution in [0.5, 0.6) is 0 Å². The molecule has 0 aliphatic carbocycles. The minimum Gasteiger partial charge on any atom is -0.304 e. The van der Waals surface area contributed by atoms with Gasteiger partial charge in [-0.2, -0.15) is 5.10 Å². The number of halogens is 2. The van der Waals surface area contributed by atoms with Crippen molar-refractivity contribution in [3.8, 4) is 28.1 Å². The van der Waals surface area contributed by atoms with Crippen molar-refractivity contribution in [3.05, 3.63) is 95.7 Å². The van der Waals surface area contributed by atoms with Crippen LogP contribution in [0.4, 0.5) is 8.78 Å². The maximum atomic E-state index is 14.9. The van der Waals surface area contributed by atoms with Crippen LogP contribution in [0.3, 0.4) is 0 Å². The van der Waals surface area contributed by atoms with Gasteiger partial charge < -0.3 is 4.90 Å². The fourth-order valence-corrected chi connectivity index (χ4v) is 4.45. The summed E-state index contributed by atoms with van der Waals surface area (Å²) in [4.78, 5) is 4.71. The summed E-state index contributed by atoms with van der Waals surface area (Å²) in [6.07, 6.45) is 1.85. The average molecular weight is 459 g/mol. The van der Waals surface area contributed by atoms with Gasteiger partial charge in [0.15, 0.2) is 0 Å². The third-order valence-electron chi connectivity index (χ3n) is 6.58. The molecular weight excluding hydrogens is 430 g/mol. The fraction of sp³-hybridized carbons (Fsp3) is 0.250. The number of benzene rings is 3. The minimum absolute atomic E-state index is 0.218. The first-order valence-corrected chi connectivity index (χ1v) is 11.6. The fourth-order valence-electron chi connectivity index (χ4n) is 4.45. The highest BCUT2D eigenvalue weighted by atomic mass is 19.1. The van der Waals surface area contributed by atoms with Gasteiger partial charge in [0.25, 0.3) is 0 Å². The molecule has 1 fully saturated rings. The van der Waals surface area contributed by atoms with E-state index in [1.807, 2.05) is 47.3 Å². The molecule has 0 atom stereocenters. The Hall–Kier alpha value is -3.35. The van der Waals surface area contributed by atoms with Gasteiger partial charge in [-0.05, 0) is 61.0 Å². The van der Waals surface area contributed by atoms with Crippen molar-refractivity contribution in [1.29, 1.82) is 0 Å². The Morgan fingerprint density at radius 2 is 1.53 bits per heavy atom. The first kappa shape index (κ1) is 22.4. The van der Waals surface area contributed by atoms with Crippen LogP contribution in [0.25, 0.3) is 28.1 Å². The maximum Gasteiger partial charge on any atom is 0.132 e. The van der Waals surface area contributed by atoms with E-state index in [2.05, 4.69) is 21.9 Å². The number of hydrogen-bond donors (Lipinski definition) is 0. The van der Waals surface area contributed by atoms with Crippen LogP contribution in [0.2, 0.25) is 0 Å². The molecule has 1 aliphatic heterocycles. The van der Waals surface area contributed by atoms with Crippen LogP contribution in [-0.4, -0.2) is 52.8 Å². The molecular formula is C28H28F2N4. The number of aryl methyl sites for hydroxylation is 1. The van der Waals surface area contributed by atoms with E-state index in [9.17, 15) is 8.78 Å². The summed E-state index contributed by atoms with van der Waals surface area (Å²) in [7, 11) is 2.13. The molecule has 0 saturated carbocycles. The van der Waals surface area contributed by atoms with Crippen LogP contribution < -0.4 is 0 Å². The Morgan fingerprint density at radius 1 is 0.824 bits per heavy atom. The van der Waals surface area contributed by atoms with Crippen molar-refractivity contribution < 1.29 is 8.78 Å². The van der Waals surface area contributed by atoms with Crippen molar-refractivity contribution >= 4 is 0 Å². The second-order valence-electron chi connectivity index (χ2n) is 9.00. The van der Waals surface area contributed by atoms with Gasteiger partial charge in [-0.1, -0.05) is 36.4 Å². The first-order chi connectivity index (χ1) is 16.5. The number of nitrogens with zero attached hydrogens (tertiary/aromatic N) is 4. The lowest BCUT2D eigenvalue weighted by Crippen LogP contribution is -2.43. The molecule has 3 aromatic carbocycles. The topological polar surface area (TPSA) is 24.3 Å². The van der Waals surface area contributed by atoms with E-state index in [-0.39, 0.29) is 11.6 Å². The smallest absolute Gasteiger partial charge is 0.132 e. The van der Waals surface area contributed by atoms with Crippen molar-refractivity contribution in [2.45, 2.75) is 13.5 Å². The summed E-state index contributed by atoms with van der Waals surface area (Å²) in [5.74, 6) is -0.486. The molecule has 1 saturated heterocycles. The van der Waals surface area contributed by atoms with Crippen molar-refractivity contribution in [2.75, 3.05) is 33.2 Å². The van der Waals surface area contributed by atoms with Crippen LogP contribution >= 0.6 is 0 Å². The van der Waals surface area contributed by atoms with Gasteiger partial charge in [0.05, 0.1) is 17.6 Å². The van der Waals surface area contributed by atoms with E-state index in [4.69, 9.17) is 0 Å². The predicted molar refractivity (Wildman–Crippen MR) is 132 cm³/mol. The minimum atomic E-state index is -0.268. The zero-order valence-electron chi connectivity index (χ0n) is 19.5. The van der Waals surface area contributed by atoms with Gasteiger partial charge >= 0.3 is 0 Å². The first-order valence-electron chi connectivity index (χ1n) is 11.6. The van der Waals surface area contributed by atoms with E-state index >= 15 is 0 Å². The molecule has 5 rings (SSSR count). The van der Waals surface area contributed by atoms with Gasteiger partial charge in [0.1, 0.15) is 11.6 Å². The van der Waals surface area contributed by atoms with E-state index in [0.29, 0.717) is 11.1 Å². The van der Waals surface area contributed by atoms with E-state index in [0.717, 1.165) is 60.8 Å². The van der Waals surface area contributed by atoms with Crippen LogP contribution in [0, 0.1) is 18.6 Å². The molecule has 34 heavy (non-hydrogen) atoms.